The molecule has 2 heteroatoms. The fraction of sp³-hybridized carbons (Fsp3) is 0.100. The molecule has 0 atom stereocenters. The summed E-state index contributed by atoms with van der Waals surface area (Å²) in [7, 11) is 0. The zero-order valence-corrected chi connectivity index (χ0v) is 13.1. The molecule has 0 fully saturated rings. The molecule has 1 nitrogen and oxygen atoms in total. The van der Waals surface area contributed by atoms with E-state index in [9.17, 15) is 0 Å². The summed E-state index contributed by atoms with van der Waals surface area (Å²) in [6.07, 6.45) is 6.04. The summed E-state index contributed by atoms with van der Waals surface area (Å²) in [6.45, 7) is 0. The summed E-state index contributed by atoms with van der Waals surface area (Å²) in [5.41, 5.74) is 3.80. The first-order valence-electron chi connectivity index (χ1n) is 7.32. The minimum absolute atomic E-state index is 0.914. The van der Waals surface area contributed by atoms with E-state index in [0.717, 1.165) is 17.3 Å². The van der Waals surface area contributed by atoms with Crippen molar-refractivity contribution in [3.63, 3.8) is 0 Å². The van der Waals surface area contributed by atoms with Crippen molar-refractivity contribution in [2.45, 2.75) is 11.5 Å². The van der Waals surface area contributed by atoms with Gasteiger partial charge >= 0.3 is 0 Å². The lowest BCUT2D eigenvalue weighted by molar-refractivity contribution is 0.530. The zero-order valence-electron chi connectivity index (χ0n) is 12.3. The van der Waals surface area contributed by atoms with Crippen LogP contribution in [0.3, 0.4) is 0 Å². The van der Waals surface area contributed by atoms with Crippen molar-refractivity contribution < 1.29 is 4.42 Å². The van der Waals surface area contributed by atoms with Gasteiger partial charge in [0, 0.05) is 5.75 Å². The molecule has 0 saturated carbocycles. The van der Waals surface area contributed by atoms with Gasteiger partial charge in [-0.1, -0.05) is 66.7 Å². The van der Waals surface area contributed by atoms with Crippen LogP contribution < -0.4 is 0 Å². The minimum Gasteiger partial charge on any atom is -0.468 e. The Balaban J connectivity index is 1.59. The van der Waals surface area contributed by atoms with Crippen LogP contribution in [0.4, 0.5) is 0 Å². The summed E-state index contributed by atoms with van der Waals surface area (Å²) in [5.74, 6) is 2.94. The second kappa shape index (κ2) is 7.71. The maximum Gasteiger partial charge on any atom is 0.113 e. The maximum atomic E-state index is 5.35. The molecule has 1 heterocycles. The van der Waals surface area contributed by atoms with Crippen molar-refractivity contribution in [1.82, 2.24) is 0 Å². The number of furan rings is 1. The monoisotopic (exact) mass is 306 g/mol. The molecular weight excluding hydrogens is 288 g/mol. The van der Waals surface area contributed by atoms with E-state index in [1.54, 1.807) is 6.26 Å². The van der Waals surface area contributed by atoms with E-state index in [-0.39, 0.29) is 0 Å². The van der Waals surface area contributed by atoms with Crippen LogP contribution in [0, 0.1) is 0 Å². The molecule has 0 radical (unpaired) electrons. The van der Waals surface area contributed by atoms with Crippen molar-refractivity contribution in [3.05, 3.63) is 95.4 Å². The first-order valence-corrected chi connectivity index (χ1v) is 8.48. The maximum absolute atomic E-state index is 5.35. The van der Waals surface area contributed by atoms with Gasteiger partial charge in [0.25, 0.3) is 0 Å². The Morgan fingerprint density at radius 1 is 0.773 bits per heavy atom. The molecule has 3 aromatic rings. The highest BCUT2D eigenvalue weighted by Gasteiger charge is 1.98. The van der Waals surface area contributed by atoms with Gasteiger partial charge in [0.15, 0.2) is 0 Å². The third-order valence-corrected chi connectivity index (χ3v) is 4.34. The molecule has 0 unspecified atom stereocenters. The normalized spacial score (nSPS) is 11.1. The molecule has 2 aromatic carbocycles. The highest BCUT2D eigenvalue weighted by atomic mass is 32.2. The summed E-state index contributed by atoms with van der Waals surface area (Å²) in [5, 5.41) is 0. The summed E-state index contributed by atoms with van der Waals surface area (Å²) in [4.78, 5) is 0. The van der Waals surface area contributed by atoms with Crippen molar-refractivity contribution >= 4 is 23.9 Å². The van der Waals surface area contributed by atoms with Crippen molar-refractivity contribution in [3.8, 4) is 0 Å². The third kappa shape index (κ3) is 4.40. The molecule has 0 aliphatic carbocycles. The van der Waals surface area contributed by atoms with E-state index in [1.807, 2.05) is 30.0 Å². The van der Waals surface area contributed by atoms with Crippen LogP contribution >= 0.6 is 11.8 Å². The SMILES string of the molecule is C(=C\c1cccc(CSCc2ccco2)c1)/c1ccccc1. The predicted molar refractivity (Wildman–Crippen MR) is 95.5 cm³/mol. The Hall–Kier alpha value is -2.19. The molecule has 0 amide bonds. The molecule has 0 spiro atoms. The number of hydrogen-bond donors (Lipinski definition) is 0. The van der Waals surface area contributed by atoms with Crippen LogP contribution in [0.15, 0.2) is 77.4 Å². The van der Waals surface area contributed by atoms with Gasteiger partial charge in [0.2, 0.25) is 0 Å². The average Bonchev–Trinajstić information content (AvgIpc) is 3.08. The standard InChI is InChI=1S/C20H18OS/c1-2-6-17(7-3-1)11-12-18-8-4-9-19(14-18)15-22-16-20-10-5-13-21-20/h1-14H,15-16H2/b12-11+. The van der Waals surface area contributed by atoms with E-state index in [4.69, 9.17) is 4.42 Å². The quantitative estimate of drug-likeness (QED) is 0.527. The Bertz CT molecular complexity index is 714. The highest BCUT2D eigenvalue weighted by Crippen LogP contribution is 2.19. The van der Waals surface area contributed by atoms with E-state index in [0.29, 0.717) is 0 Å². The molecule has 0 N–H and O–H groups in total. The Labute approximate surface area is 135 Å². The Morgan fingerprint density at radius 3 is 2.41 bits per heavy atom. The van der Waals surface area contributed by atoms with E-state index in [1.165, 1.54) is 16.7 Å². The van der Waals surface area contributed by atoms with E-state index in [2.05, 4.69) is 60.7 Å². The van der Waals surface area contributed by atoms with E-state index >= 15 is 0 Å². The van der Waals surface area contributed by atoms with Gasteiger partial charge in [-0.05, 0) is 28.8 Å². The third-order valence-electron chi connectivity index (χ3n) is 3.31. The van der Waals surface area contributed by atoms with Crippen LogP contribution in [0.2, 0.25) is 0 Å². The number of benzene rings is 2. The fourth-order valence-corrected chi connectivity index (χ4v) is 3.09. The van der Waals surface area contributed by atoms with Gasteiger partial charge in [-0.25, -0.2) is 0 Å². The van der Waals surface area contributed by atoms with Crippen LogP contribution in [0.1, 0.15) is 22.5 Å². The molecule has 22 heavy (non-hydrogen) atoms. The average molecular weight is 306 g/mol. The lowest BCUT2D eigenvalue weighted by Gasteiger charge is -2.02. The lowest BCUT2D eigenvalue weighted by Crippen LogP contribution is -1.83. The lowest BCUT2D eigenvalue weighted by atomic mass is 10.1. The topological polar surface area (TPSA) is 13.1 Å². The van der Waals surface area contributed by atoms with E-state index < -0.39 is 0 Å². The van der Waals surface area contributed by atoms with Crippen LogP contribution in [0.5, 0.6) is 0 Å². The van der Waals surface area contributed by atoms with Gasteiger partial charge in [-0.3, -0.25) is 0 Å². The molecule has 0 aliphatic rings. The first kappa shape index (κ1) is 14.7. The highest BCUT2D eigenvalue weighted by molar-refractivity contribution is 7.97. The van der Waals surface area contributed by atoms with Crippen LogP contribution in [-0.4, -0.2) is 0 Å². The largest absolute Gasteiger partial charge is 0.468 e. The number of thioether (sulfide) groups is 1. The summed E-state index contributed by atoms with van der Waals surface area (Å²) >= 11 is 1.87. The summed E-state index contributed by atoms with van der Waals surface area (Å²) in [6, 6.07) is 23.0. The second-order valence-corrected chi connectivity index (χ2v) is 6.05. The number of hydrogen-bond acceptors (Lipinski definition) is 2. The first-order chi connectivity index (χ1) is 10.9. The molecule has 110 valence electrons. The van der Waals surface area contributed by atoms with Crippen molar-refractivity contribution in [1.29, 1.82) is 0 Å². The molecule has 0 aliphatic heterocycles. The summed E-state index contributed by atoms with van der Waals surface area (Å²) < 4.78 is 5.35. The predicted octanol–water partition coefficient (Wildman–Crippen LogP) is 5.88. The number of rotatable bonds is 6. The smallest absolute Gasteiger partial charge is 0.113 e. The molecule has 3 rings (SSSR count). The Kier molecular flexibility index (Phi) is 5.17. The van der Waals surface area contributed by atoms with Crippen LogP contribution in [0.25, 0.3) is 12.2 Å². The van der Waals surface area contributed by atoms with Crippen LogP contribution in [-0.2, 0) is 11.5 Å². The van der Waals surface area contributed by atoms with Gasteiger partial charge in [-0.2, -0.15) is 0 Å². The Morgan fingerprint density at radius 2 is 1.59 bits per heavy atom. The van der Waals surface area contributed by atoms with Gasteiger partial charge in [-0.15, -0.1) is 11.8 Å². The second-order valence-electron chi connectivity index (χ2n) is 5.06. The fourth-order valence-electron chi connectivity index (χ4n) is 2.21. The van der Waals surface area contributed by atoms with Gasteiger partial charge in [0.1, 0.15) is 5.76 Å². The van der Waals surface area contributed by atoms with Crippen molar-refractivity contribution in [2.75, 3.05) is 0 Å². The van der Waals surface area contributed by atoms with Crippen molar-refractivity contribution in [2.24, 2.45) is 0 Å². The molecule has 0 bridgehead atoms. The molecule has 1 aromatic heterocycles. The zero-order chi connectivity index (χ0) is 15.0. The molecule has 0 saturated heterocycles. The minimum atomic E-state index is 0.914. The molecular formula is C20H18OS. The van der Waals surface area contributed by atoms with Gasteiger partial charge in [0.05, 0.1) is 12.0 Å². The van der Waals surface area contributed by atoms with Gasteiger partial charge < -0.3 is 4.42 Å².